The summed E-state index contributed by atoms with van der Waals surface area (Å²) in [6.07, 6.45) is 5.06. The van der Waals surface area contributed by atoms with E-state index in [0.29, 0.717) is 19.5 Å². The Labute approximate surface area is 199 Å². The predicted octanol–water partition coefficient (Wildman–Crippen LogP) is 3.34. The number of carbonyl (C=O) groups is 3. The van der Waals surface area contributed by atoms with Crippen molar-refractivity contribution in [3.63, 3.8) is 0 Å². The average Bonchev–Trinajstić information content (AvgIpc) is 2.88. The molecular formula is C27H30N4O3. The highest BCUT2D eigenvalue weighted by Gasteiger charge is 2.63. The van der Waals surface area contributed by atoms with Gasteiger partial charge in [-0.2, -0.15) is 0 Å². The number of nitrogens with one attached hydrogen (secondary N) is 1. The minimum Gasteiger partial charge on any atom is -0.368 e. The van der Waals surface area contributed by atoms with Crippen LogP contribution in [0, 0.1) is 5.41 Å². The summed E-state index contributed by atoms with van der Waals surface area (Å²) in [5.41, 5.74) is 1.84. The van der Waals surface area contributed by atoms with Crippen LogP contribution in [0.15, 0.2) is 54.6 Å². The molecule has 4 aliphatic rings. The van der Waals surface area contributed by atoms with Crippen LogP contribution in [0.25, 0.3) is 0 Å². The molecule has 2 aromatic rings. The van der Waals surface area contributed by atoms with Gasteiger partial charge in [0.05, 0.1) is 6.04 Å². The number of piperazine rings is 1. The van der Waals surface area contributed by atoms with Gasteiger partial charge in [-0.1, -0.05) is 55.7 Å². The number of para-hydroxylation sites is 2. The molecule has 1 aliphatic carbocycles. The van der Waals surface area contributed by atoms with Crippen molar-refractivity contribution in [3.8, 4) is 0 Å². The van der Waals surface area contributed by atoms with Crippen LogP contribution in [-0.4, -0.2) is 54.5 Å². The first-order chi connectivity index (χ1) is 16.6. The summed E-state index contributed by atoms with van der Waals surface area (Å²) >= 11 is 0. The van der Waals surface area contributed by atoms with Gasteiger partial charge in [0.1, 0.15) is 0 Å². The maximum absolute atomic E-state index is 14.3. The maximum Gasteiger partial charge on any atom is 0.331 e. The molecule has 0 aromatic heterocycles. The first-order valence-corrected chi connectivity index (χ1v) is 12.4. The number of imide groups is 2. The molecule has 2 atom stereocenters. The SMILES string of the molecule is O=C1NC(=O)[C@]2(Cc3ccccc3N3CCN(c4ccccc4)C[C@H]32)C(=O)N1C1CCCCC1. The fourth-order valence-corrected chi connectivity index (χ4v) is 6.52. The van der Waals surface area contributed by atoms with Gasteiger partial charge in [0, 0.05) is 37.1 Å². The van der Waals surface area contributed by atoms with E-state index >= 15 is 0 Å². The summed E-state index contributed by atoms with van der Waals surface area (Å²) in [5, 5.41) is 2.62. The molecule has 1 saturated carbocycles. The quantitative estimate of drug-likeness (QED) is 0.699. The highest BCUT2D eigenvalue weighted by molar-refractivity contribution is 6.20. The van der Waals surface area contributed by atoms with Crippen molar-refractivity contribution >= 4 is 29.2 Å². The number of barbiturate groups is 1. The maximum atomic E-state index is 14.3. The Kier molecular flexibility index (Phi) is 5.08. The summed E-state index contributed by atoms with van der Waals surface area (Å²) in [4.78, 5) is 46.9. The van der Waals surface area contributed by atoms with E-state index in [2.05, 4.69) is 33.3 Å². The van der Waals surface area contributed by atoms with Gasteiger partial charge in [-0.15, -0.1) is 0 Å². The van der Waals surface area contributed by atoms with Crippen molar-refractivity contribution in [1.29, 1.82) is 0 Å². The van der Waals surface area contributed by atoms with Crippen LogP contribution < -0.4 is 15.1 Å². The lowest BCUT2D eigenvalue weighted by Crippen LogP contribution is -2.76. The zero-order chi connectivity index (χ0) is 23.3. The fourth-order valence-electron chi connectivity index (χ4n) is 6.52. The number of carbonyl (C=O) groups excluding carboxylic acids is 3. The van der Waals surface area contributed by atoms with E-state index in [1.807, 2.05) is 36.4 Å². The van der Waals surface area contributed by atoms with E-state index in [9.17, 15) is 14.4 Å². The van der Waals surface area contributed by atoms with Crippen molar-refractivity contribution in [3.05, 3.63) is 60.2 Å². The minimum absolute atomic E-state index is 0.134. The summed E-state index contributed by atoms with van der Waals surface area (Å²) in [7, 11) is 0. The monoisotopic (exact) mass is 458 g/mol. The second-order valence-electron chi connectivity index (χ2n) is 9.99. The Bertz CT molecular complexity index is 1130. The molecule has 1 N–H and O–H groups in total. The Morgan fingerprint density at radius 1 is 0.853 bits per heavy atom. The van der Waals surface area contributed by atoms with E-state index in [-0.39, 0.29) is 18.0 Å². The van der Waals surface area contributed by atoms with E-state index in [1.54, 1.807) is 0 Å². The van der Waals surface area contributed by atoms with Crippen LogP contribution in [0.5, 0.6) is 0 Å². The molecule has 7 nitrogen and oxygen atoms in total. The van der Waals surface area contributed by atoms with Gasteiger partial charge in [0.25, 0.3) is 0 Å². The Morgan fingerprint density at radius 2 is 1.59 bits per heavy atom. The highest BCUT2D eigenvalue weighted by atomic mass is 16.2. The van der Waals surface area contributed by atoms with E-state index in [4.69, 9.17) is 0 Å². The lowest BCUT2D eigenvalue weighted by atomic mass is 9.67. The van der Waals surface area contributed by atoms with Crippen LogP contribution in [-0.2, 0) is 16.0 Å². The van der Waals surface area contributed by atoms with Crippen molar-refractivity contribution in [2.24, 2.45) is 5.41 Å². The molecule has 3 heterocycles. The van der Waals surface area contributed by atoms with E-state index in [1.165, 1.54) is 4.90 Å². The Morgan fingerprint density at radius 3 is 2.38 bits per heavy atom. The third-order valence-electron chi connectivity index (χ3n) is 8.23. The van der Waals surface area contributed by atoms with Crippen LogP contribution in [0.1, 0.15) is 37.7 Å². The lowest BCUT2D eigenvalue weighted by Gasteiger charge is -2.56. The zero-order valence-electron chi connectivity index (χ0n) is 19.3. The van der Waals surface area contributed by atoms with Crippen molar-refractivity contribution in [2.75, 3.05) is 29.4 Å². The minimum atomic E-state index is -1.33. The molecular weight excluding hydrogens is 428 g/mol. The molecule has 3 aliphatic heterocycles. The van der Waals surface area contributed by atoms with Gasteiger partial charge in [0.15, 0.2) is 5.41 Å². The van der Waals surface area contributed by atoms with E-state index in [0.717, 1.165) is 55.6 Å². The number of amides is 4. The number of hydrogen-bond acceptors (Lipinski definition) is 5. The number of anilines is 2. The number of rotatable bonds is 2. The van der Waals surface area contributed by atoms with Crippen molar-refractivity contribution < 1.29 is 14.4 Å². The molecule has 34 heavy (non-hydrogen) atoms. The zero-order valence-corrected chi connectivity index (χ0v) is 19.3. The average molecular weight is 459 g/mol. The van der Waals surface area contributed by atoms with Gasteiger partial charge in [-0.3, -0.25) is 19.8 Å². The van der Waals surface area contributed by atoms with Crippen LogP contribution in [0.2, 0.25) is 0 Å². The number of nitrogens with zero attached hydrogens (tertiary/aromatic N) is 3. The molecule has 0 unspecified atom stereocenters. The standard InChI is InChI=1S/C27H30N4O3/c32-24-27(25(33)31(26(34)28-24)21-12-5-2-6-13-21)17-19-9-7-8-14-22(19)30-16-15-29(18-23(27)30)20-10-3-1-4-11-20/h1,3-4,7-11,14,21,23H,2,5-6,12-13,15-18H2,(H,28,32,34)/t23-,27+/m0/s1. The Hall–Kier alpha value is -3.35. The van der Waals surface area contributed by atoms with Crippen LogP contribution >= 0.6 is 0 Å². The van der Waals surface area contributed by atoms with Crippen LogP contribution in [0.4, 0.5) is 16.2 Å². The summed E-state index contributed by atoms with van der Waals surface area (Å²) in [5.74, 6) is -0.762. The Balaban J connectivity index is 1.45. The fraction of sp³-hybridized carbons (Fsp3) is 0.444. The molecule has 0 radical (unpaired) electrons. The largest absolute Gasteiger partial charge is 0.368 e. The molecule has 6 rings (SSSR count). The molecule has 2 saturated heterocycles. The van der Waals surface area contributed by atoms with Crippen molar-refractivity contribution in [2.45, 2.75) is 50.6 Å². The summed E-state index contributed by atoms with van der Waals surface area (Å²) in [6, 6.07) is 17.2. The van der Waals surface area contributed by atoms with Gasteiger partial charge in [0.2, 0.25) is 11.8 Å². The van der Waals surface area contributed by atoms with Gasteiger partial charge in [-0.05, 0) is 43.0 Å². The summed E-state index contributed by atoms with van der Waals surface area (Å²) in [6.45, 7) is 2.05. The lowest BCUT2D eigenvalue weighted by molar-refractivity contribution is -0.155. The van der Waals surface area contributed by atoms with Gasteiger partial charge in [-0.25, -0.2) is 4.79 Å². The van der Waals surface area contributed by atoms with Crippen LogP contribution in [0.3, 0.4) is 0 Å². The van der Waals surface area contributed by atoms with E-state index < -0.39 is 17.4 Å². The first-order valence-electron chi connectivity index (χ1n) is 12.4. The second-order valence-corrected chi connectivity index (χ2v) is 9.99. The number of fused-ring (bicyclic) bond motifs is 4. The molecule has 1 spiro atoms. The predicted molar refractivity (Wildman–Crippen MR) is 130 cm³/mol. The number of benzene rings is 2. The molecule has 3 fully saturated rings. The second kappa shape index (κ2) is 8.15. The third kappa shape index (κ3) is 3.13. The molecule has 2 aromatic carbocycles. The summed E-state index contributed by atoms with van der Waals surface area (Å²) < 4.78 is 0. The third-order valence-corrected chi connectivity index (χ3v) is 8.23. The van der Waals surface area contributed by atoms with Gasteiger partial charge >= 0.3 is 6.03 Å². The molecule has 0 bridgehead atoms. The topological polar surface area (TPSA) is 73.0 Å². The number of urea groups is 1. The number of hydrogen-bond donors (Lipinski definition) is 1. The normalized spacial score (nSPS) is 27.5. The molecule has 176 valence electrons. The molecule has 7 heteroatoms. The van der Waals surface area contributed by atoms with Gasteiger partial charge < -0.3 is 9.80 Å². The highest BCUT2D eigenvalue weighted by Crippen LogP contribution is 2.46. The molecule has 4 amide bonds. The smallest absolute Gasteiger partial charge is 0.331 e. The first kappa shape index (κ1) is 21.2. The van der Waals surface area contributed by atoms with Crippen molar-refractivity contribution in [1.82, 2.24) is 10.2 Å².